The van der Waals surface area contributed by atoms with Crippen LogP contribution in [0.15, 0.2) is 24.3 Å². The molecule has 2 unspecified atom stereocenters. The fourth-order valence-corrected chi connectivity index (χ4v) is 2.47. The number of aliphatic hydroxyl groups excluding tert-OH is 1. The Bertz CT molecular complexity index is 390. The van der Waals surface area contributed by atoms with E-state index in [9.17, 15) is 9.90 Å². The number of aliphatic hydroxyl groups is 1. The van der Waals surface area contributed by atoms with Crippen LogP contribution in [0.3, 0.4) is 0 Å². The third-order valence-electron chi connectivity index (χ3n) is 3.43. The summed E-state index contributed by atoms with van der Waals surface area (Å²) in [6, 6.07) is 8.16. The largest absolute Gasteiger partial charge is 0.396 e. The molecule has 100 valence electrons. The van der Waals surface area contributed by atoms with Crippen molar-refractivity contribution in [3.63, 3.8) is 0 Å². The van der Waals surface area contributed by atoms with E-state index in [-0.39, 0.29) is 24.3 Å². The normalized spacial score (nSPS) is 21.3. The minimum atomic E-state index is -0.0927. The zero-order valence-electron chi connectivity index (χ0n) is 11.4. The van der Waals surface area contributed by atoms with E-state index >= 15 is 0 Å². The zero-order valence-corrected chi connectivity index (χ0v) is 11.4. The number of carbonyl (C=O) groups excluding carboxylic acids is 1. The lowest BCUT2D eigenvalue weighted by atomic mass is 9.76. The van der Waals surface area contributed by atoms with Crippen molar-refractivity contribution in [3.05, 3.63) is 35.4 Å². The molecule has 1 aromatic rings. The van der Waals surface area contributed by atoms with Gasteiger partial charge < -0.3 is 10.4 Å². The van der Waals surface area contributed by atoms with Gasteiger partial charge in [-0.25, -0.2) is 0 Å². The lowest BCUT2D eigenvalue weighted by Gasteiger charge is -2.30. The highest BCUT2D eigenvalue weighted by Gasteiger charge is 2.32. The van der Waals surface area contributed by atoms with Gasteiger partial charge in [-0.15, -0.1) is 0 Å². The average Bonchev–Trinajstić information content (AvgIpc) is 2.47. The van der Waals surface area contributed by atoms with Gasteiger partial charge in [-0.1, -0.05) is 38.1 Å². The minimum Gasteiger partial charge on any atom is -0.396 e. The highest BCUT2D eigenvalue weighted by Crippen LogP contribution is 2.30. The van der Waals surface area contributed by atoms with E-state index in [0.29, 0.717) is 0 Å². The number of hydrogen-bond donors (Lipinski definition) is 2. The number of nitrogens with one attached hydrogen (secondary N) is 1. The van der Waals surface area contributed by atoms with Gasteiger partial charge in [-0.2, -0.15) is 0 Å². The molecule has 0 spiro atoms. The molecule has 2 rings (SSSR count). The van der Waals surface area contributed by atoms with Gasteiger partial charge in [0.25, 0.3) is 0 Å². The van der Waals surface area contributed by atoms with Crippen molar-refractivity contribution in [2.75, 3.05) is 13.7 Å². The Morgan fingerprint density at radius 3 is 2.33 bits per heavy atom. The SMILES string of the molecule is CC.CNC(=O)C1Cc2ccccc2CC1CO. The molecule has 18 heavy (non-hydrogen) atoms. The summed E-state index contributed by atoms with van der Waals surface area (Å²) in [5.41, 5.74) is 2.50. The van der Waals surface area contributed by atoms with E-state index in [4.69, 9.17) is 0 Å². The van der Waals surface area contributed by atoms with Crippen molar-refractivity contribution in [2.24, 2.45) is 11.8 Å². The molecule has 0 heterocycles. The molecule has 2 N–H and O–H groups in total. The number of rotatable bonds is 2. The third kappa shape index (κ3) is 3.10. The summed E-state index contributed by atoms with van der Waals surface area (Å²) in [4.78, 5) is 11.7. The second-order valence-electron chi connectivity index (χ2n) is 4.34. The summed E-state index contributed by atoms with van der Waals surface area (Å²) in [5, 5.41) is 12.0. The van der Waals surface area contributed by atoms with Crippen molar-refractivity contribution < 1.29 is 9.90 Å². The molecule has 0 saturated heterocycles. The van der Waals surface area contributed by atoms with Crippen LogP contribution in [0.2, 0.25) is 0 Å². The molecule has 0 aliphatic heterocycles. The van der Waals surface area contributed by atoms with Gasteiger partial charge in [0.05, 0.1) is 0 Å². The van der Waals surface area contributed by atoms with E-state index in [1.807, 2.05) is 26.0 Å². The van der Waals surface area contributed by atoms with Gasteiger partial charge >= 0.3 is 0 Å². The lowest BCUT2D eigenvalue weighted by Crippen LogP contribution is -2.39. The minimum absolute atomic E-state index is 0.0357. The monoisotopic (exact) mass is 249 g/mol. The highest BCUT2D eigenvalue weighted by molar-refractivity contribution is 5.79. The molecule has 1 aliphatic carbocycles. The smallest absolute Gasteiger partial charge is 0.223 e. The maximum absolute atomic E-state index is 11.7. The Morgan fingerprint density at radius 1 is 1.28 bits per heavy atom. The van der Waals surface area contributed by atoms with Crippen LogP contribution in [0.25, 0.3) is 0 Å². The number of hydrogen-bond acceptors (Lipinski definition) is 2. The van der Waals surface area contributed by atoms with Gasteiger partial charge in [0.2, 0.25) is 5.91 Å². The summed E-state index contributed by atoms with van der Waals surface area (Å²) in [6.45, 7) is 4.08. The van der Waals surface area contributed by atoms with E-state index in [2.05, 4.69) is 17.4 Å². The Labute approximate surface area is 109 Å². The summed E-state index contributed by atoms with van der Waals surface area (Å²) in [5.74, 6) is -0.00620. The quantitative estimate of drug-likeness (QED) is 0.839. The van der Waals surface area contributed by atoms with Gasteiger partial charge in [0.1, 0.15) is 0 Å². The molecule has 0 bridgehead atoms. The van der Waals surface area contributed by atoms with E-state index in [1.165, 1.54) is 11.1 Å². The fourth-order valence-electron chi connectivity index (χ4n) is 2.47. The maximum atomic E-state index is 11.7. The van der Waals surface area contributed by atoms with Crippen LogP contribution in [0.4, 0.5) is 0 Å². The van der Waals surface area contributed by atoms with Crippen LogP contribution in [0.1, 0.15) is 25.0 Å². The second-order valence-corrected chi connectivity index (χ2v) is 4.34. The van der Waals surface area contributed by atoms with E-state index in [0.717, 1.165) is 12.8 Å². The Morgan fingerprint density at radius 2 is 1.83 bits per heavy atom. The van der Waals surface area contributed by atoms with Crippen molar-refractivity contribution in [3.8, 4) is 0 Å². The Kier molecular flexibility index (Phi) is 5.86. The van der Waals surface area contributed by atoms with Crippen LogP contribution in [-0.4, -0.2) is 24.7 Å². The third-order valence-corrected chi connectivity index (χ3v) is 3.43. The summed E-state index contributed by atoms with van der Waals surface area (Å²) in [7, 11) is 1.65. The molecule has 0 radical (unpaired) electrons. The van der Waals surface area contributed by atoms with Gasteiger partial charge in [0.15, 0.2) is 0 Å². The number of fused-ring (bicyclic) bond motifs is 1. The molecule has 0 saturated carbocycles. The summed E-state index contributed by atoms with van der Waals surface area (Å²) in [6.07, 6.45) is 1.53. The average molecular weight is 249 g/mol. The first-order chi connectivity index (χ1) is 8.76. The topological polar surface area (TPSA) is 49.3 Å². The molecule has 0 aromatic heterocycles. The highest BCUT2D eigenvalue weighted by atomic mass is 16.3. The molecular formula is C15H23NO2. The second kappa shape index (κ2) is 7.17. The van der Waals surface area contributed by atoms with E-state index < -0.39 is 0 Å². The molecule has 1 amide bonds. The molecule has 1 aromatic carbocycles. The maximum Gasteiger partial charge on any atom is 0.223 e. The van der Waals surface area contributed by atoms with Gasteiger partial charge in [-0.05, 0) is 29.9 Å². The number of carbonyl (C=O) groups is 1. The first-order valence-corrected chi connectivity index (χ1v) is 6.65. The van der Waals surface area contributed by atoms with Crippen molar-refractivity contribution in [1.29, 1.82) is 0 Å². The van der Waals surface area contributed by atoms with Crippen LogP contribution >= 0.6 is 0 Å². The van der Waals surface area contributed by atoms with Gasteiger partial charge in [0, 0.05) is 19.6 Å². The fraction of sp³-hybridized carbons (Fsp3) is 0.533. The summed E-state index contributed by atoms with van der Waals surface area (Å²) < 4.78 is 0. The Balaban J connectivity index is 0.000000771. The molecule has 2 atom stereocenters. The van der Waals surface area contributed by atoms with Crippen molar-refractivity contribution in [2.45, 2.75) is 26.7 Å². The lowest BCUT2D eigenvalue weighted by molar-refractivity contribution is -0.127. The molecule has 1 aliphatic rings. The van der Waals surface area contributed by atoms with Crippen LogP contribution in [0.5, 0.6) is 0 Å². The van der Waals surface area contributed by atoms with Crippen molar-refractivity contribution >= 4 is 5.91 Å². The first kappa shape index (κ1) is 14.7. The van der Waals surface area contributed by atoms with Crippen molar-refractivity contribution in [1.82, 2.24) is 5.32 Å². The number of amides is 1. The predicted octanol–water partition coefficient (Wildman–Crippen LogP) is 1.78. The first-order valence-electron chi connectivity index (χ1n) is 6.65. The number of benzene rings is 1. The van der Waals surface area contributed by atoms with E-state index in [1.54, 1.807) is 7.05 Å². The molecule has 0 fully saturated rings. The Hall–Kier alpha value is -1.35. The van der Waals surface area contributed by atoms with Crippen LogP contribution < -0.4 is 5.32 Å². The van der Waals surface area contributed by atoms with Gasteiger partial charge in [-0.3, -0.25) is 4.79 Å². The summed E-state index contributed by atoms with van der Waals surface area (Å²) >= 11 is 0. The molecule has 3 heteroatoms. The molecule has 3 nitrogen and oxygen atoms in total. The van der Waals surface area contributed by atoms with Crippen LogP contribution in [0, 0.1) is 11.8 Å². The standard InChI is InChI=1S/C13H17NO2.C2H6/c1-14-13(16)12-7-10-5-3-2-4-9(10)6-11(12)8-15;1-2/h2-5,11-12,15H,6-8H2,1H3,(H,14,16);1-2H3. The zero-order chi connectivity index (χ0) is 13.5. The molecular weight excluding hydrogens is 226 g/mol. The van der Waals surface area contributed by atoms with Crippen LogP contribution in [-0.2, 0) is 17.6 Å². The predicted molar refractivity (Wildman–Crippen MR) is 73.3 cm³/mol.